The molecule has 0 fully saturated rings. The Kier molecular flexibility index (Phi) is 3.46. The van der Waals surface area contributed by atoms with E-state index in [4.69, 9.17) is 5.21 Å². The second-order valence-corrected chi connectivity index (χ2v) is 5.25. The summed E-state index contributed by atoms with van der Waals surface area (Å²) >= 11 is 0. The summed E-state index contributed by atoms with van der Waals surface area (Å²) in [5, 5.41) is 10.9. The highest BCUT2D eigenvalue weighted by atomic mass is 32.2. The summed E-state index contributed by atoms with van der Waals surface area (Å²) in [4.78, 5) is -0.537. The van der Waals surface area contributed by atoms with Gasteiger partial charge in [-0.3, -0.25) is 0 Å². The first-order chi connectivity index (χ1) is 7.66. The van der Waals surface area contributed by atoms with E-state index in [9.17, 15) is 21.6 Å². The van der Waals surface area contributed by atoms with Gasteiger partial charge in [0.05, 0.1) is 16.7 Å². The van der Waals surface area contributed by atoms with E-state index in [1.165, 1.54) is 0 Å². The Labute approximate surface area is 95.3 Å². The number of benzene rings is 1. The van der Waals surface area contributed by atoms with E-state index < -0.39 is 26.5 Å². The Bertz CT molecular complexity index is 549. The van der Waals surface area contributed by atoms with Crippen LogP contribution in [0.15, 0.2) is 28.3 Å². The Hall–Kier alpha value is -1.57. The third kappa shape index (κ3) is 3.19. The van der Waals surface area contributed by atoms with E-state index in [-0.39, 0.29) is 5.56 Å². The average molecular weight is 267 g/mol. The van der Waals surface area contributed by atoms with E-state index in [1.807, 2.05) is 0 Å². The number of sulfone groups is 1. The van der Waals surface area contributed by atoms with Crippen molar-refractivity contribution in [3.05, 3.63) is 29.3 Å². The van der Waals surface area contributed by atoms with Crippen molar-refractivity contribution in [3.8, 4) is 0 Å². The van der Waals surface area contributed by atoms with Crippen LogP contribution in [-0.2, 0) is 16.0 Å². The SMILES string of the molecule is CS(=O)(=O)c1cc(C(F)(F)F)ccc1C=NO. The lowest BCUT2D eigenvalue weighted by atomic mass is 10.1. The Morgan fingerprint density at radius 3 is 2.35 bits per heavy atom. The van der Waals surface area contributed by atoms with Crippen molar-refractivity contribution in [1.82, 2.24) is 0 Å². The molecular formula is C9H8F3NO3S. The molecule has 0 saturated carbocycles. The van der Waals surface area contributed by atoms with Crippen molar-refractivity contribution in [1.29, 1.82) is 0 Å². The van der Waals surface area contributed by atoms with E-state index in [0.717, 1.165) is 18.5 Å². The molecule has 0 saturated heterocycles. The lowest BCUT2D eigenvalue weighted by Gasteiger charge is -2.09. The number of nitrogens with zero attached hydrogens (tertiary/aromatic N) is 1. The van der Waals surface area contributed by atoms with Gasteiger partial charge in [-0.05, 0) is 12.1 Å². The lowest BCUT2D eigenvalue weighted by molar-refractivity contribution is -0.137. The van der Waals surface area contributed by atoms with Crippen LogP contribution in [0.4, 0.5) is 13.2 Å². The monoisotopic (exact) mass is 267 g/mol. The van der Waals surface area contributed by atoms with E-state index in [1.54, 1.807) is 0 Å². The van der Waals surface area contributed by atoms with Gasteiger partial charge >= 0.3 is 6.18 Å². The summed E-state index contributed by atoms with van der Waals surface area (Å²) in [7, 11) is -3.84. The first-order valence-corrected chi connectivity index (χ1v) is 6.14. The fraction of sp³-hybridized carbons (Fsp3) is 0.222. The fourth-order valence-corrected chi connectivity index (χ4v) is 2.09. The summed E-state index contributed by atoms with van der Waals surface area (Å²) in [6, 6.07) is 2.15. The number of oxime groups is 1. The van der Waals surface area contributed by atoms with Gasteiger partial charge in [0.25, 0.3) is 0 Å². The van der Waals surface area contributed by atoms with Crippen LogP contribution in [-0.4, -0.2) is 26.1 Å². The molecule has 94 valence electrons. The molecule has 0 unspecified atom stereocenters. The van der Waals surface area contributed by atoms with Gasteiger partial charge in [-0.2, -0.15) is 13.2 Å². The molecule has 1 rings (SSSR count). The van der Waals surface area contributed by atoms with Gasteiger partial charge in [-0.15, -0.1) is 0 Å². The molecule has 0 heterocycles. The van der Waals surface area contributed by atoms with Crippen molar-refractivity contribution in [3.63, 3.8) is 0 Å². The van der Waals surface area contributed by atoms with Crippen LogP contribution in [0.2, 0.25) is 0 Å². The number of halogens is 3. The third-order valence-corrected chi connectivity index (χ3v) is 3.09. The summed E-state index contributed by atoms with van der Waals surface area (Å²) in [6.07, 6.45) is -3.10. The van der Waals surface area contributed by atoms with E-state index in [0.29, 0.717) is 12.1 Å². The van der Waals surface area contributed by atoms with Crippen molar-refractivity contribution >= 4 is 16.1 Å². The van der Waals surface area contributed by atoms with Crippen LogP contribution < -0.4 is 0 Å². The van der Waals surface area contributed by atoms with Gasteiger partial charge in [0.2, 0.25) is 0 Å². The summed E-state index contributed by atoms with van der Waals surface area (Å²) in [5.41, 5.74) is -1.18. The van der Waals surface area contributed by atoms with Gasteiger partial charge < -0.3 is 5.21 Å². The zero-order valence-electron chi connectivity index (χ0n) is 8.56. The highest BCUT2D eigenvalue weighted by Gasteiger charge is 2.32. The van der Waals surface area contributed by atoms with Gasteiger partial charge in [-0.1, -0.05) is 11.2 Å². The minimum Gasteiger partial charge on any atom is -0.411 e. The molecule has 0 spiro atoms. The molecule has 8 heteroatoms. The van der Waals surface area contributed by atoms with Gasteiger partial charge in [0.1, 0.15) is 0 Å². The number of rotatable bonds is 2. The average Bonchev–Trinajstić information content (AvgIpc) is 2.15. The smallest absolute Gasteiger partial charge is 0.411 e. The minimum absolute atomic E-state index is 0.108. The molecular weight excluding hydrogens is 259 g/mol. The highest BCUT2D eigenvalue weighted by Crippen LogP contribution is 2.31. The molecule has 1 aromatic rings. The standard InChI is InChI=1S/C9H8F3NO3S/c1-17(15,16)8-4-7(9(10,11)12)3-2-6(8)5-13-14/h2-5,14H,1H3. The Morgan fingerprint density at radius 1 is 1.35 bits per heavy atom. The Morgan fingerprint density at radius 2 is 1.94 bits per heavy atom. The minimum atomic E-state index is -4.63. The number of hydrogen-bond acceptors (Lipinski definition) is 4. The van der Waals surface area contributed by atoms with Gasteiger partial charge in [-0.25, -0.2) is 8.42 Å². The molecule has 0 aliphatic carbocycles. The predicted molar refractivity (Wildman–Crippen MR) is 53.9 cm³/mol. The molecule has 4 nitrogen and oxygen atoms in total. The fourth-order valence-electron chi connectivity index (χ4n) is 1.20. The molecule has 0 bridgehead atoms. The van der Waals surface area contributed by atoms with Crippen LogP contribution >= 0.6 is 0 Å². The molecule has 0 amide bonds. The zero-order valence-corrected chi connectivity index (χ0v) is 9.38. The third-order valence-electron chi connectivity index (χ3n) is 1.94. The second kappa shape index (κ2) is 4.36. The summed E-state index contributed by atoms with van der Waals surface area (Å²) in [5.74, 6) is 0. The van der Waals surface area contributed by atoms with Gasteiger partial charge in [0, 0.05) is 11.8 Å². The Balaban J connectivity index is 3.51. The molecule has 0 aliphatic rings. The quantitative estimate of drug-likeness (QED) is 0.505. The normalized spacial score (nSPS) is 13.2. The largest absolute Gasteiger partial charge is 0.416 e. The molecule has 0 radical (unpaired) electrons. The van der Waals surface area contributed by atoms with E-state index >= 15 is 0 Å². The van der Waals surface area contributed by atoms with E-state index in [2.05, 4.69) is 5.16 Å². The first-order valence-electron chi connectivity index (χ1n) is 4.25. The predicted octanol–water partition coefficient (Wildman–Crippen LogP) is 1.92. The summed E-state index contributed by atoms with van der Waals surface area (Å²) < 4.78 is 59.8. The lowest BCUT2D eigenvalue weighted by Crippen LogP contribution is -2.09. The maximum atomic E-state index is 12.4. The summed E-state index contributed by atoms with van der Waals surface area (Å²) in [6.45, 7) is 0. The topological polar surface area (TPSA) is 66.7 Å². The van der Waals surface area contributed by atoms with Gasteiger partial charge in [0.15, 0.2) is 9.84 Å². The molecule has 1 aromatic carbocycles. The molecule has 17 heavy (non-hydrogen) atoms. The van der Waals surface area contributed by atoms with Crippen molar-refractivity contribution in [2.45, 2.75) is 11.1 Å². The zero-order chi connectivity index (χ0) is 13.3. The highest BCUT2D eigenvalue weighted by molar-refractivity contribution is 7.90. The van der Waals surface area contributed by atoms with Crippen molar-refractivity contribution < 1.29 is 26.8 Å². The molecule has 0 atom stereocenters. The molecule has 1 N–H and O–H groups in total. The molecule has 0 aliphatic heterocycles. The van der Waals surface area contributed by atoms with Crippen LogP contribution in [0.5, 0.6) is 0 Å². The first kappa shape index (κ1) is 13.5. The van der Waals surface area contributed by atoms with Crippen molar-refractivity contribution in [2.24, 2.45) is 5.16 Å². The van der Waals surface area contributed by atoms with Crippen LogP contribution in [0.1, 0.15) is 11.1 Å². The van der Waals surface area contributed by atoms with Crippen LogP contribution in [0.3, 0.4) is 0 Å². The maximum Gasteiger partial charge on any atom is 0.416 e. The number of hydrogen-bond donors (Lipinski definition) is 1. The maximum absolute atomic E-state index is 12.4. The number of alkyl halides is 3. The van der Waals surface area contributed by atoms with Crippen molar-refractivity contribution in [2.75, 3.05) is 6.26 Å². The van der Waals surface area contributed by atoms with Crippen LogP contribution in [0, 0.1) is 0 Å². The molecule has 0 aromatic heterocycles. The second-order valence-electron chi connectivity index (χ2n) is 3.27. The van der Waals surface area contributed by atoms with Crippen LogP contribution in [0.25, 0.3) is 0 Å².